The van der Waals surface area contributed by atoms with E-state index in [9.17, 15) is 0 Å². The van der Waals surface area contributed by atoms with Crippen LogP contribution in [0.25, 0.3) is 43.5 Å². The van der Waals surface area contributed by atoms with Crippen molar-refractivity contribution in [2.24, 2.45) is 0 Å². The topological polar surface area (TPSA) is 0 Å². The van der Waals surface area contributed by atoms with Crippen molar-refractivity contribution in [3.8, 4) is 0 Å². The molecule has 6 aromatic carbocycles. The minimum atomic E-state index is 0.111. The first-order valence-electron chi connectivity index (χ1n) is 19.9. The van der Waals surface area contributed by atoms with E-state index in [1.54, 1.807) is 5.57 Å². The van der Waals surface area contributed by atoms with Gasteiger partial charge in [0.25, 0.3) is 0 Å². The third kappa shape index (κ3) is 6.21. The second-order valence-corrected chi connectivity index (χ2v) is 16.7. The van der Waals surface area contributed by atoms with E-state index in [-0.39, 0.29) is 10.8 Å². The SMILES string of the molecule is CC=C(C=CCc1ccc2c(c1)C(C)(C)C1=C2C=CCC1)c1ccc2ccc3cc(CC=CC(C)c4ccccc4C(C)(C)CC)cc4ccc1c2c34. The summed E-state index contributed by atoms with van der Waals surface area (Å²) < 4.78 is 0. The Bertz CT molecular complexity index is 2480. The molecule has 0 bridgehead atoms. The van der Waals surface area contributed by atoms with Crippen LogP contribution in [0.2, 0.25) is 0 Å². The maximum Gasteiger partial charge on any atom is 0.0121 e. The molecule has 0 radical (unpaired) electrons. The van der Waals surface area contributed by atoms with Crippen LogP contribution in [0.1, 0.15) is 113 Å². The van der Waals surface area contributed by atoms with Crippen molar-refractivity contribution in [3.63, 3.8) is 0 Å². The molecular formula is C53H54. The van der Waals surface area contributed by atoms with E-state index in [4.69, 9.17) is 0 Å². The van der Waals surface area contributed by atoms with Crippen molar-refractivity contribution in [1.29, 1.82) is 0 Å². The van der Waals surface area contributed by atoms with Crippen LogP contribution in [-0.2, 0) is 23.7 Å². The van der Waals surface area contributed by atoms with E-state index in [0.717, 1.165) is 25.7 Å². The van der Waals surface area contributed by atoms with E-state index in [1.807, 2.05) is 0 Å². The Labute approximate surface area is 317 Å². The molecule has 0 aromatic heterocycles. The highest BCUT2D eigenvalue weighted by Gasteiger charge is 2.37. The summed E-state index contributed by atoms with van der Waals surface area (Å²) in [4.78, 5) is 0. The molecule has 0 spiro atoms. The second-order valence-electron chi connectivity index (χ2n) is 16.7. The molecule has 1 atom stereocenters. The molecule has 0 saturated heterocycles. The molecule has 8 rings (SSSR count). The largest absolute Gasteiger partial charge is 0.0836 e. The van der Waals surface area contributed by atoms with Gasteiger partial charge < -0.3 is 0 Å². The van der Waals surface area contributed by atoms with Crippen LogP contribution >= 0.6 is 0 Å². The van der Waals surface area contributed by atoms with Crippen LogP contribution in [0.5, 0.6) is 0 Å². The standard InChI is InChI=1S/C53H54/c1-8-38(19-15-17-36-24-29-45-44-21-11-13-23-48(44)53(6,7)49(45)34-36)43-30-27-39-25-26-40-32-37(33-41-28-31-46(43)51(39)50(40)41)18-14-16-35(3)42-20-10-12-22-47(42)52(4,5)9-2/h8,10-12,14-16,19-22,24-35H,9,13,17-18,23H2,1-7H3. The molecule has 0 saturated carbocycles. The lowest BCUT2D eigenvalue weighted by Gasteiger charge is -2.28. The van der Waals surface area contributed by atoms with Gasteiger partial charge in [-0.15, -0.1) is 0 Å². The molecule has 0 heterocycles. The van der Waals surface area contributed by atoms with E-state index >= 15 is 0 Å². The van der Waals surface area contributed by atoms with Gasteiger partial charge in [0.15, 0.2) is 0 Å². The maximum atomic E-state index is 2.47. The average molecular weight is 691 g/mol. The monoisotopic (exact) mass is 690 g/mol. The Morgan fingerprint density at radius 2 is 1.55 bits per heavy atom. The highest BCUT2D eigenvalue weighted by molar-refractivity contribution is 6.25. The minimum absolute atomic E-state index is 0.111. The summed E-state index contributed by atoms with van der Waals surface area (Å²) in [6.45, 7) is 16.3. The molecule has 1 unspecified atom stereocenters. The molecule has 0 heteroatoms. The molecule has 266 valence electrons. The highest BCUT2D eigenvalue weighted by atomic mass is 14.4. The van der Waals surface area contributed by atoms with E-state index in [1.165, 1.54) is 88.8 Å². The highest BCUT2D eigenvalue weighted by Crippen LogP contribution is 2.50. The van der Waals surface area contributed by atoms with Crippen LogP contribution in [-0.4, -0.2) is 0 Å². The van der Waals surface area contributed by atoms with Gasteiger partial charge in [0.2, 0.25) is 0 Å². The third-order valence-corrected chi connectivity index (χ3v) is 12.7. The van der Waals surface area contributed by atoms with Gasteiger partial charge in [0.1, 0.15) is 0 Å². The van der Waals surface area contributed by atoms with Crippen molar-refractivity contribution in [3.05, 3.63) is 178 Å². The predicted molar refractivity (Wildman–Crippen MR) is 232 cm³/mol. The van der Waals surface area contributed by atoms with Gasteiger partial charge in [0.05, 0.1) is 0 Å². The Kier molecular flexibility index (Phi) is 9.14. The van der Waals surface area contributed by atoms with Crippen LogP contribution in [0.15, 0.2) is 139 Å². The summed E-state index contributed by atoms with van der Waals surface area (Å²) in [5.74, 6) is 0.372. The average Bonchev–Trinajstić information content (AvgIpc) is 3.40. The molecule has 2 aliphatic carbocycles. The van der Waals surface area contributed by atoms with Crippen LogP contribution in [0, 0.1) is 0 Å². The van der Waals surface area contributed by atoms with Gasteiger partial charge in [-0.25, -0.2) is 0 Å². The predicted octanol–water partition coefficient (Wildman–Crippen LogP) is 14.8. The third-order valence-electron chi connectivity index (χ3n) is 12.7. The zero-order chi connectivity index (χ0) is 36.9. The first-order valence-corrected chi connectivity index (χ1v) is 19.9. The fourth-order valence-corrected chi connectivity index (χ4v) is 9.33. The summed E-state index contributed by atoms with van der Waals surface area (Å²) in [5, 5.41) is 8.05. The van der Waals surface area contributed by atoms with Gasteiger partial charge in [-0.1, -0.05) is 181 Å². The van der Waals surface area contributed by atoms with Crippen molar-refractivity contribution >= 4 is 43.5 Å². The van der Waals surface area contributed by atoms with E-state index in [0.29, 0.717) is 5.92 Å². The zero-order valence-electron chi connectivity index (χ0n) is 32.8. The van der Waals surface area contributed by atoms with Gasteiger partial charge in [-0.3, -0.25) is 0 Å². The number of allylic oxidation sites excluding steroid dienone is 10. The number of hydrogen-bond acceptors (Lipinski definition) is 0. The summed E-state index contributed by atoms with van der Waals surface area (Å²) in [6.07, 6.45) is 21.8. The molecular weight excluding hydrogens is 637 g/mol. The minimum Gasteiger partial charge on any atom is -0.0836 e. The fourth-order valence-electron chi connectivity index (χ4n) is 9.33. The summed E-state index contributed by atoms with van der Waals surface area (Å²) in [5.41, 5.74) is 14.5. The molecule has 0 fully saturated rings. The molecule has 0 N–H and O–H groups in total. The number of hydrogen-bond donors (Lipinski definition) is 0. The molecule has 0 nitrogen and oxygen atoms in total. The second kappa shape index (κ2) is 13.8. The normalized spacial score (nSPS) is 16.5. The number of benzene rings is 6. The Hall–Kier alpha value is -4.94. The Balaban J connectivity index is 1.04. The number of fused-ring (bicyclic) bond motifs is 2. The number of rotatable bonds is 10. The van der Waals surface area contributed by atoms with Crippen LogP contribution in [0.4, 0.5) is 0 Å². The molecule has 53 heavy (non-hydrogen) atoms. The lowest BCUT2D eigenvalue weighted by atomic mass is 9.77. The molecule has 2 aliphatic rings. The Morgan fingerprint density at radius 1 is 0.811 bits per heavy atom. The zero-order valence-corrected chi connectivity index (χ0v) is 32.8. The summed E-state index contributed by atoms with van der Waals surface area (Å²) in [6, 6.07) is 35.0. The van der Waals surface area contributed by atoms with Crippen molar-refractivity contribution in [1.82, 2.24) is 0 Å². The quantitative estimate of drug-likeness (QED) is 0.0762. The van der Waals surface area contributed by atoms with E-state index in [2.05, 4.69) is 182 Å². The van der Waals surface area contributed by atoms with Crippen LogP contribution < -0.4 is 0 Å². The Morgan fingerprint density at radius 3 is 2.34 bits per heavy atom. The van der Waals surface area contributed by atoms with Crippen molar-refractivity contribution < 1.29 is 0 Å². The molecule has 0 amide bonds. The lowest BCUT2D eigenvalue weighted by Crippen LogP contribution is -2.18. The van der Waals surface area contributed by atoms with Crippen LogP contribution in [0.3, 0.4) is 0 Å². The van der Waals surface area contributed by atoms with Gasteiger partial charge >= 0.3 is 0 Å². The van der Waals surface area contributed by atoms with Gasteiger partial charge in [-0.2, -0.15) is 0 Å². The first-order chi connectivity index (χ1) is 25.6. The smallest absolute Gasteiger partial charge is 0.0121 e. The van der Waals surface area contributed by atoms with Crippen molar-refractivity contribution in [2.45, 2.75) is 97.3 Å². The fraction of sp³-hybridized carbons (Fsp3) is 0.283. The van der Waals surface area contributed by atoms with Crippen molar-refractivity contribution in [2.75, 3.05) is 0 Å². The molecule has 0 aliphatic heterocycles. The first kappa shape index (κ1) is 35.1. The summed E-state index contributed by atoms with van der Waals surface area (Å²) in [7, 11) is 0. The van der Waals surface area contributed by atoms with E-state index < -0.39 is 0 Å². The molecule has 6 aromatic rings. The van der Waals surface area contributed by atoms with Gasteiger partial charge in [0, 0.05) is 5.41 Å². The maximum absolute atomic E-state index is 2.47. The van der Waals surface area contributed by atoms with Gasteiger partial charge in [-0.05, 0) is 133 Å². The lowest BCUT2D eigenvalue weighted by molar-refractivity contribution is 0.500. The summed E-state index contributed by atoms with van der Waals surface area (Å²) >= 11 is 0.